The van der Waals surface area contributed by atoms with Crippen molar-refractivity contribution in [3.8, 4) is 5.75 Å². The maximum atomic E-state index is 9.39. The lowest BCUT2D eigenvalue weighted by Crippen LogP contribution is -2.36. The van der Waals surface area contributed by atoms with Crippen LogP contribution in [0.1, 0.15) is 20.3 Å². The van der Waals surface area contributed by atoms with Gasteiger partial charge in [0.2, 0.25) is 0 Å². The third-order valence-electron chi connectivity index (χ3n) is 3.08. The Bertz CT molecular complexity index is 376. The fraction of sp³-hybridized carbons (Fsp3) is 0.571. The molecule has 1 aliphatic heterocycles. The third kappa shape index (κ3) is 2.91. The standard InChI is InChI=1S/C14H21NO2/c1-14(2,11-16)10-15-8-5-9-17-13-7-4-3-6-12(13)15/h3-4,6-7,16H,5,8-11H2,1-2H3. The second kappa shape index (κ2) is 4.96. The van der Waals surface area contributed by atoms with Crippen LogP contribution in [0.5, 0.6) is 5.75 Å². The lowest BCUT2D eigenvalue weighted by molar-refractivity contribution is 0.164. The number of anilines is 1. The van der Waals surface area contributed by atoms with Crippen molar-refractivity contribution in [1.82, 2.24) is 0 Å². The number of aliphatic hydroxyl groups is 1. The second-order valence-electron chi connectivity index (χ2n) is 5.41. The molecule has 3 nitrogen and oxygen atoms in total. The highest BCUT2D eigenvalue weighted by Gasteiger charge is 2.24. The van der Waals surface area contributed by atoms with Crippen LogP contribution in [-0.2, 0) is 0 Å². The molecule has 1 N–H and O–H groups in total. The van der Waals surface area contributed by atoms with Crippen LogP contribution in [0, 0.1) is 5.41 Å². The lowest BCUT2D eigenvalue weighted by atomic mass is 9.94. The molecule has 0 fully saturated rings. The van der Waals surface area contributed by atoms with E-state index in [9.17, 15) is 5.11 Å². The van der Waals surface area contributed by atoms with E-state index in [1.54, 1.807) is 0 Å². The van der Waals surface area contributed by atoms with E-state index in [2.05, 4.69) is 24.8 Å². The first-order valence-corrected chi connectivity index (χ1v) is 6.20. The number of aliphatic hydroxyl groups excluding tert-OH is 1. The molecule has 1 aliphatic rings. The molecule has 0 saturated heterocycles. The van der Waals surface area contributed by atoms with Gasteiger partial charge in [-0.3, -0.25) is 0 Å². The molecular weight excluding hydrogens is 214 g/mol. The summed E-state index contributed by atoms with van der Waals surface area (Å²) in [5.74, 6) is 0.957. The molecule has 0 unspecified atom stereocenters. The third-order valence-corrected chi connectivity index (χ3v) is 3.08. The van der Waals surface area contributed by atoms with Crippen LogP contribution >= 0.6 is 0 Å². The van der Waals surface area contributed by atoms with E-state index in [0.717, 1.165) is 37.6 Å². The average Bonchev–Trinajstić information content (AvgIpc) is 2.52. The Morgan fingerprint density at radius 2 is 2.12 bits per heavy atom. The molecule has 94 valence electrons. The summed E-state index contributed by atoms with van der Waals surface area (Å²) in [5, 5.41) is 9.39. The first-order valence-electron chi connectivity index (χ1n) is 6.20. The van der Waals surface area contributed by atoms with Crippen molar-refractivity contribution in [1.29, 1.82) is 0 Å². The van der Waals surface area contributed by atoms with Gasteiger partial charge in [0.05, 0.1) is 12.3 Å². The molecular formula is C14H21NO2. The number of para-hydroxylation sites is 2. The zero-order chi connectivity index (χ0) is 12.3. The maximum Gasteiger partial charge on any atom is 0.142 e. The van der Waals surface area contributed by atoms with E-state index in [1.807, 2.05) is 18.2 Å². The molecule has 0 aliphatic carbocycles. The molecule has 1 aromatic carbocycles. The quantitative estimate of drug-likeness (QED) is 0.872. The van der Waals surface area contributed by atoms with Gasteiger partial charge in [-0.05, 0) is 18.6 Å². The summed E-state index contributed by atoms with van der Waals surface area (Å²) in [6.45, 7) is 6.98. The Morgan fingerprint density at radius 3 is 2.88 bits per heavy atom. The van der Waals surface area contributed by atoms with E-state index in [1.165, 1.54) is 0 Å². The van der Waals surface area contributed by atoms with E-state index in [0.29, 0.717) is 0 Å². The Kier molecular flexibility index (Phi) is 3.57. The van der Waals surface area contributed by atoms with Gasteiger partial charge >= 0.3 is 0 Å². The highest BCUT2D eigenvalue weighted by Crippen LogP contribution is 2.32. The van der Waals surface area contributed by atoms with Crippen LogP contribution in [0.3, 0.4) is 0 Å². The summed E-state index contributed by atoms with van der Waals surface area (Å²) in [5.41, 5.74) is 1.06. The Morgan fingerprint density at radius 1 is 1.35 bits per heavy atom. The van der Waals surface area contributed by atoms with Crippen LogP contribution in [0.4, 0.5) is 5.69 Å². The average molecular weight is 235 g/mol. The highest BCUT2D eigenvalue weighted by molar-refractivity contribution is 5.59. The van der Waals surface area contributed by atoms with Gasteiger partial charge in [-0.2, -0.15) is 0 Å². The van der Waals surface area contributed by atoms with Crippen molar-refractivity contribution >= 4 is 5.69 Å². The monoisotopic (exact) mass is 235 g/mol. The molecule has 3 heteroatoms. The molecule has 1 aromatic rings. The SMILES string of the molecule is CC(C)(CO)CN1CCCOc2ccccc21. The zero-order valence-electron chi connectivity index (χ0n) is 10.6. The van der Waals surface area contributed by atoms with Crippen molar-refractivity contribution in [2.75, 3.05) is 31.2 Å². The largest absolute Gasteiger partial charge is 0.491 e. The van der Waals surface area contributed by atoms with Crippen LogP contribution in [0.2, 0.25) is 0 Å². The Labute approximate surface area is 103 Å². The predicted octanol–water partition coefficient (Wildman–Crippen LogP) is 2.29. The normalized spacial score (nSPS) is 16.1. The topological polar surface area (TPSA) is 32.7 Å². The molecule has 0 amide bonds. The maximum absolute atomic E-state index is 9.39. The van der Waals surface area contributed by atoms with Crippen molar-refractivity contribution in [2.45, 2.75) is 20.3 Å². The van der Waals surface area contributed by atoms with Crippen LogP contribution in [-0.4, -0.2) is 31.4 Å². The van der Waals surface area contributed by atoms with Crippen LogP contribution in [0.15, 0.2) is 24.3 Å². The van der Waals surface area contributed by atoms with Crippen LogP contribution < -0.4 is 9.64 Å². The number of hydrogen-bond donors (Lipinski definition) is 1. The molecule has 0 saturated carbocycles. The van der Waals surface area contributed by atoms with E-state index in [4.69, 9.17) is 4.74 Å². The number of nitrogens with zero attached hydrogens (tertiary/aromatic N) is 1. The molecule has 0 spiro atoms. The van der Waals surface area contributed by atoms with E-state index >= 15 is 0 Å². The molecule has 0 aromatic heterocycles. The van der Waals surface area contributed by atoms with Gasteiger partial charge in [-0.15, -0.1) is 0 Å². The lowest BCUT2D eigenvalue weighted by Gasteiger charge is -2.32. The molecule has 0 radical (unpaired) electrons. The Balaban J connectivity index is 2.23. The van der Waals surface area contributed by atoms with E-state index in [-0.39, 0.29) is 12.0 Å². The number of fused-ring (bicyclic) bond motifs is 1. The van der Waals surface area contributed by atoms with Gasteiger partial charge in [0.1, 0.15) is 5.75 Å². The van der Waals surface area contributed by atoms with Gasteiger partial charge in [0, 0.05) is 25.1 Å². The van der Waals surface area contributed by atoms with Gasteiger partial charge in [-0.1, -0.05) is 26.0 Å². The van der Waals surface area contributed by atoms with Gasteiger partial charge in [0.25, 0.3) is 0 Å². The van der Waals surface area contributed by atoms with Crippen molar-refractivity contribution < 1.29 is 9.84 Å². The smallest absolute Gasteiger partial charge is 0.142 e. The number of hydrogen-bond acceptors (Lipinski definition) is 3. The second-order valence-corrected chi connectivity index (χ2v) is 5.41. The minimum Gasteiger partial charge on any atom is -0.491 e. The predicted molar refractivity (Wildman–Crippen MR) is 69.6 cm³/mol. The minimum absolute atomic E-state index is 0.0859. The Hall–Kier alpha value is -1.22. The minimum atomic E-state index is -0.0859. The molecule has 17 heavy (non-hydrogen) atoms. The first-order chi connectivity index (χ1) is 8.12. The van der Waals surface area contributed by atoms with Crippen molar-refractivity contribution in [2.24, 2.45) is 5.41 Å². The fourth-order valence-electron chi connectivity index (χ4n) is 2.13. The van der Waals surface area contributed by atoms with Crippen LogP contribution in [0.25, 0.3) is 0 Å². The van der Waals surface area contributed by atoms with Crippen molar-refractivity contribution in [3.63, 3.8) is 0 Å². The fourth-order valence-corrected chi connectivity index (χ4v) is 2.13. The summed E-state index contributed by atoms with van der Waals surface area (Å²) in [6, 6.07) is 8.14. The molecule has 1 heterocycles. The molecule has 2 rings (SSSR count). The van der Waals surface area contributed by atoms with Gasteiger partial charge < -0.3 is 14.7 Å². The number of rotatable bonds is 3. The highest BCUT2D eigenvalue weighted by atomic mass is 16.5. The molecule has 0 bridgehead atoms. The summed E-state index contributed by atoms with van der Waals surface area (Å²) < 4.78 is 5.72. The van der Waals surface area contributed by atoms with E-state index < -0.39 is 0 Å². The zero-order valence-corrected chi connectivity index (χ0v) is 10.6. The van der Waals surface area contributed by atoms with Gasteiger partial charge in [-0.25, -0.2) is 0 Å². The summed E-state index contributed by atoms with van der Waals surface area (Å²) in [6.07, 6.45) is 1.02. The number of benzene rings is 1. The summed E-state index contributed by atoms with van der Waals surface area (Å²) >= 11 is 0. The van der Waals surface area contributed by atoms with Crippen molar-refractivity contribution in [3.05, 3.63) is 24.3 Å². The van der Waals surface area contributed by atoms with Gasteiger partial charge in [0.15, 0.2) is 0 Å². The molecule has 0 atom stereocenters. The first kappa shape index (κ1) is 12.2. The summed E-state index contributed by atoms with van der Waals surface area (Å²) in [7, 11) is 0. The summed E-state index contributed by atoms with van der Waals surface area (Å²) in [4.78, 5) is 2.32. The number of ether oxygens (including phenoxy) is 1.